The average Bonchev–Trinajstić information content (AvgIpc) is 3.37. The first-order valence-electron chi connectivity index (χ1n) is 10.9. The molecule has 0 radical (unpaired) electrons. The molecular formula is C27H25F2N3O2. The van der Waals surface area contributed by atoms with E-state index in [0.717, 1.165) is 22.3 Å². The van der Waals surface area contributed by atoms with Crippen molar-refractivity contribution in [2.45, 2.75) is 19.0 Å². The molecule has 0 fully saturated rings. The maximum absolute atomic E-state index is 13.6. The zero-order chi connectivity index (χ0) is 23.9. The van der Waals surface area contributed by atoms with Crippen LogP contribution in [0.3, 0.4) is 0 Å². The summed E-state index contributed by atoms with van der Waals surface area (Å²) in [6.07, 6.45) is 5.81. The summed E-state index contributed by atoms with van der Waals surface area (Å²) in [6.45, 7) is 1.33. The number of hydrogen-bond acceptors (Lipinski definition) is 4. The number of hydrogen-bond donors (Lipinski definition) is 1. The van der Waals surface area contributed by atoms with E-state index in [1.165, 1.54) is 31.4 Å². The monoisotopic (exact) mass is 461 g/mol. The third-order valence-electron chi connectivity index (χ3n) is 5.66. The third-order valence-corrected chi connectivity index (χ3v) is 5.66. The van der Waals surface area contributed by atoms with E-state index in [1.54, 1.807) is 36.8 Å². The van der Waals surface area contributed by atoms with Gasteiger partial charge in [0.2, 0.25) is 0 Å². The Morgan fingerprint density at radius 1 is 1.00 bits per heavy atom. The number of nitrogens with one attached hydrogen (secondary N) is 1. The molecule has 0 saturated heterocycles. The van der Waals surface area contributed by atoms with Crippen LogP contribution in [0.1, 0.15) is 38.7 Å². The van der Waals surface area contributed by atoms with Crippen LogP contribution in [0.2, 0.25) is 0 Å². The molecule has 0 amide bonds. The van der Waals surface area contributed by atoms with E-state index in [-0.39, 0.29) is 17.7 Å². The van der Waals surface area contributed by atoms with Crippen LogP contribution in [0.25, 0.3) is 0 Å². The lowest BCUT2D eigenvalue weighted by atomic mass is 9.92. The molecule has 1 atom stereocenters. The maximum atomic E-state index is 13.6. The van der Waals surface area contributed by atoms with Crippen molar-refractivity contribution in [2.24, 2.45) is 0 Å². The van der Waals surface area contributed by atoms with Gasteiger partial charge >= 0.3 is 5.97 Å². The molecule has 4 rings (SSSR count). The minimum absolute atomic E-state index is 0.271. The highest BCUT2D eigenvalue weighted by atomic mass is 19.1. The van der Waals surface area contributed by atoms with Crippen molar-refractivity contribution in [2.75, 3.05) is 13.7 Å². The Labute approximate surface area is 197 Å². The number of halogens is 2. The molecule has 34 heavy (non-hydrogen) atoms. The predicted molar refractivity (Wildman–Crippen MR) is 125 cm³/mol. The van der Waals surface area contributed by atoms with Gasteiger partial charge in [-0.1, -0.05) is 36.4 Å². The number of benzene rings is 3. The van der Waals surface area contributed by atoms with Crippen molar-refractivity contribution in [3.8, 4) is 0 Å². The number of aromatic nitrogens is 2. The Morgan fingerprint density at radius 2 is 1.68 bits per heavy atom. The number of carbonyl (C=O) groups is 1. The Kier molecular flexibility index (Phi) is 7.44. The number of nitrogens with zero attached hydrogens (tertiary/aromatic N) is 2. The second-order valence-corrected chi connectivity index (χ2v) is 7.95. The van der Waals surface area contributed by atoms with E-state index >= 15 is 0 Å². The average molecular weight is 462 g/mol. The van der Waals surface area contributed by atoms with Gasteiger partial charge in [0.25, 0.3) is 0 Å². The Bertz CT molecular complexity index is 1220. The summed E-state index contributed by atoms with van der Waals surface area (Å²) in [5.74, 6) is -1.07. The summed E-state index contributed by atoms with van der Waals surface area (Å²) < 4.78 is 33.9. The Balaban J connectivity index is 1.65. The molecular weight excluding hydrogens is 436 g/mol. The molecule has 4 aromatic rings. The highest BCUT2D eigenvalue weighted by molar-refractivity contribution is 5.91. The van der Waals surface area contributed by atoms with Crippen molar-refractivity contribution in [1.29, 1.82) is 0 Å². The standard InChI is InChI=1S/C27H25F2N3O2/c1-34-27(33)25-17-22(5-4-21(25)16-19-2-8-23(28)9-3-19)26(20-6-10-24(29)11-7-20)31-13-15-32-14-12-30-18-32/h2-12,14,17-18,26,31H,13,15-16H2,1H3. The van der Waals surface area contributed by atoms with Crippen LogP contribution < -0.4 is 5.32 Å². The summed E-state index contributed by atoms with van der Waals surface area (Å²) in [4.78, 5) is 16.7. The summed E-state index contributed by atoms with van der Waals surface area (Å²) in [5.41, 5.74) is 3.81. The lowest BCUT2D eigenvalue weighted by molar-refractivity contribution is 0.0599. The highest BCUT2D eigenvalue weighted by Crippen LogP contribution is 2.26. The molecule has 7 heteroatoms. The molecule has 5 nitrogen and oxygen atoms in total. The lowest BCUT2D eigenvalue weighted by Gasteiger charge is -2.22. The van der Waals surface area contributed by atoms with Gasteiger partial charge in [0.1, 0.15) is 11.6 Å². The quantitative estimate of drug-likeness (QED) is 0.360. The lowest BCUT2D eigenvalue weighted by Crippen LogP contribution is -2.26. The summed E-state index contributed by atoms with van der Waals surface area (Å²) in [7, 11) is 1.34. The first-order valence-corrected chi connectivity index (χ1v) is 10.9. The van der Waals surface area contributed by atoms with E-state index in [9.17, 15) is 13.6 Å². The predicted octanol–water partition coefficient (Wildman–Crippen LogP) is 4.92. The number of imidazole rings is 1. The molecule has 0 aliphatic rings. The minimum atomic E-state index is -0.449. The SMILES string of the molecule is COC(=O)c1cc(C(NCCn2ccnc2)c2ccc(F)cc2)ccc1Cc1ccc(F)cc1. The van der Waals surface area contributed by atoms with Crippen molar-refractivity contribution in [3.05, 3.63) is 125 Å². The summed E-state index contributed by atoms with van der Waals surface area (Å²) in [5, 5.41) is 3.50. The van der Waals surface area contributed by atoms with Crippen molar-refractivity contribution in [3.63, 3.8) is 0 Å². The molecule has 0 spiro atoms. The van der Waals surface area contributed by atoms with E-state index in [0.29, 0.717) is 25.1 Å². The van der Waals surface area contributed by atoms with Crippen molar-refractivity contribution in [1.82, 2.24) is 14.9 Å². The molecule has 0 saturated carbocycles. The first kappa shape index (κ1) is 23.3. The number of esters is 1. The minimum Gasteiger partial charge on any atom is -0.465 e. The van der Waals surface area contributed by atoms with Gasteiger partial charge in [0.15, 0.2) is 0 Å². The zero-order valence-electron chi connectivity index (χ0n) is 18.7. The Hall–Kier alpha value is -3.84. The van der Waals surface area contributed by atoms with Crippen LogP contribution in [0, 0.1) is 11.6 Å². The van der Waals surface area contributed by atoms with E-state index < -0.39 is 5.97 Å². The van der Waals surface area contributed by atoms with Gasteiger partial charge < -0.3 is 14.6 Å². The number of carbonyl (C=O) groups excluding carboxylic acids is 1. The second-order valence-electron chi connectivity index (χ2n) is 7.95. The van der Waals surface area contributed by atoms with Gasteiger partial charge in [-0.05, 0) is 59.0 Å². The summed E-state index contributed by atoms with van der Waals surface area (Å²) >= 11 is 0. The Morgan fingerprint density at radius 3 is 2.32 bits per heavy atom. The fraction of sp³-hybridized carbons (Fsp3) is 0.185. The molecule has 1 unspecified atom stereocenters. The highest BCUT2D eigenvalue weighted by Gasteiger charge is 2.19. The van der Waals surface area contributed by atoms with Gasteiger partial charge in [0.05, 0.1) is 25.0 Å². The zero-order valence-corrected chi connectivity index (χ0v) is 18.7. The largest absolute Gasteiger partial charge is 0.465 e. The fourth-order valence-electron chi connectivity index (χ4n) is 3.89. The number of methoxy groups -OCH3 is 1. The summed E-state index contributed by atoms with van der Waals surface area (Å²) in [6, 6.07) is 17.9. The van der Waals surface area contributed by atoms with Crippen LogP contribution >= 0.6 is 0 Å². The topological polar surface area (TPSA) is 56.1 Å². The molecule has 1 aromatic heterocycles. The maximum Gasteiger partial charge on any atom is 0.338 e. The molecule has 1 N–H and O–H groups in total. The van der Waals surface area contributed by atoms with Crippen LogP contribution in [0.15, 0.2) is 85.5 Å². The van der Waals surface area contributed by atoms with Crippen LogP contribution in [0.5, 0.6) is 0 Å². The number of ether oxygens (including phenoxy) is 1. The van der Waals surface area contributed by atoms with Crippen LogP contribution in [-0.4, -0.2) is 29.2 Å². The van der Waals surface area contributed by atoms with Gasteiger partial charge in [0, 0.05) is 25.5 Å². The molecule has 174 valence electrons. The molecule has 0 aliphatic carbocycles. The third kappa shape index (κ3) is 5.74. The van der Waals surface area contributed by atoms with E-state index in [1.807, 2.05) is 29.0 Å². The van der Waals surface area contributed by atoms with Gasteiger partial charge in [-0.2, -0.15) is 0 Å². The van der Waals surface area contributed by atoms with Gasteiger partial charge in [-0.3, -0.25) is 0 Å². The normalized spacial score (nSPS) is 11.9. The smallest absolute Gasteiger partial charge is 0.338 e. The van der Waals surface area contributed by atoms with Gasteiger partial charge in [-0.15, -0.1) is 0 Å². The van der Waals surface area contributed by atoms with Crippen molar-refractivity contribution >= 4 is 5.97 Å². The molecule has 0 aliphatic heterocycles. The van der Waals surface area contributed by atoms with Crippen LogP contribution in [-0.2, 0) is 17.7 Å². The molecule has 1 heterocycles. The first-order chi connectivity index (χ1) is 16.5. The fourth-order valence-corrected chi connectivity index (χ4v) is 3.89. The van der Waals surface area contributed by atoms with E-state index in [2.05, 4.69) is 10.3 Å². The second kappa shape index (κ2) is 10.9. The van der Waals surface area contributed by atoms with Gasteiger partial charge in [-0.25, -0.2) is 18.6 Å². The van der Waals surface area contributed by atoms with Crippen LogP contribution in [0.4, 0.5) is 8.78 Å². The molecule has 3 aromatic carbocycles. The van der Waals surface area contributed by atoms with E-state index in [4.69, 9.17) is 4.74 Å². The molecule has 0 bridgehead atoms. The number of rotatable bonds is 9. The van der Waals surface area contributed by atoms with Crippen molar-refractivity contribution < 1.29 is 18.3 Å².